The van der Waals surface area contributed by atoms with Gasteiger partial charge in [0.25, 0.3) is 5.72 Å². The van der Waals surface area contributed by atoms with Gasteiger partial charge in [-0.05, 0) is 20.8 Å². The normalized spacial score (nSPS) is 25.2. The lowest BCUT2D eigenvalue weighted by atomic mass is 10.1. The maximum Gasteiger partial charge on any atom is 0.439 e. The van der Waals surface area contributed by atoms with Gasteiger partial charge in [0, 0.05) is 12.6 Å². The number of amides is 1. The van der Waals surface area contributed by atoms with Crippen LogP contribution in [0.15, 0.2) is 5.10 Å². The summed E-state index contributed by atoms with van der Waals surface area (Å²) in [5.74, 6) is 0. The van der Waals surface area contributed by atoms with Crippen molar-refractivity contribution in [3.05, 3.63) is 0 Å². The van der Waals surface area contributed by atoms with E-state index in [1.54, 1.807) is 0 Å². The van der Waals surface area contributed by atoms with Gasteiger partial charge in [-0.15, -0.1) is 0 Å². The lowest BCUT2D eigenvalue weighted by Crippen LogP contribution is -2.57. The fraction of sp³-hybridized carbons (Fsp3) is 0.778. The molecule has 1 aliphatic heterocycles. The second kappa shape index (κ2) is 3.86. The number of hydrogen-bond acceptors (Lipinski definition) is 4. The third-order valence-electron chi connectivity index (χ3n) is 1.94. The molecule has 1 heterocycles. The Labute approximate surface area is 95.8 Å². The first-order chi connectivity index (χ1) is 7.47. The highest BCUT2D eigenvalue weighted by molar-refractivity contribution is 5.74. The first kappa shape index (κ1) is 13.8. The predicted molar refractivity (Wildman–Crippen MR) is 52.2 cm³/mol. The van der Waals surface area contributed by atoms with E-state index in [9.17, 15) is 23.1 Å². The van der Waals surface area contributed by atoms with E-state index in [0.717, 1.165) is 6.21 Å². The molecule has 1 N–H and O–H groups in total. The summed E-state index contributed by atoms with van der Waals surface area (Å²) >= 11 is 0. The van der Waals surface area contributed by atoms with Gasteiger partial charge in [-0.2, -0.15) is 23.3 Å². The highest BCUT2D eigenvalue weighted by Gasteiger charge is 2.62. The second-order valence-electron chi connectivity index (χ2n) is 4.61. The first-order valence-electron chi connectivity index (χ1n) is 4.82. The fourth-order valence-corrected chi connectivity index (χ4v) is 1.17. The lowest BCUT2D eigenvalue weighted by molar-refractivity contribution is -0.300. The SMILES string of the molecule is CC(C)(C)OC(=O)N1N=CC[C@]1(O)C(F)(F)F. The Kier molecular flexibility index (Phi) is 3.13. The molecule has 17 heavy (non-hydrogen) atoms. The van der Waals surface area contributed by atoms with Crippen LogP contribution < -0.4 is 0 Å². The number of hydrogen-bond donors (Lipinski definition) is 1. The average molecular weight is 254 g/mol. The number of hydrazone groups is 1. The summed E-state index contributed by atoms with van der Waals surface area (Å²) in [4.78, 5) is 11.5. The third-order valence-corrected chi connectivity index (χ3v) is 1.94. The van der Waals surface area contributed by atoms with E-state index in [4.69, 9.17) is 4.74 Å². The summed E-state index contributed by atoms with van der Waals surface area (Å²) in [6.07, 6.45) is -6.33. The van der Waals surface area contributed by atoms with Crippen LogP contribution in [-0.4, -0.2) is 39.9 Å². The molecule has 0 aromatic rings. The number of carbonyl (C=O) groups is 1. The van der Waals surface area contributed by atoms with E-state index in [1.807, 2.05) is 0 Å². The molecule has 0 saturated carbocycles. The van der Waals surface area contributed by atoms with Gasteiger partial charge in [0.1, 0.15) is 5.60 Å². The molecule has 0 bridgehead atoms. The second-order valence-corrected chi connectivity index (χ2v) is 4.61. The molecule has 1 aliphatic rings. The standard InChI is InChI=1S/C9H13F3N2O3/c1-7(2,3)17-6(15)14-8(16,4-5-13-14)9(10,11)12/h5,16H,4H2,1-3H3/t8-/m0/s1. The van der Waals surface area contributed by atoms with Crippen molar-refractivity contribution in [3.63, 3.8) is 0 Å². The topological polar surface area (TPSA) is 62.1 Å². The van der Waals surface area contributed by atoms with Crippen LogP contribution in [0.2, 0.25) is 0 Å². The number of ether oxygens (including phenoxy) is 1. The van der Waals surface area contributed by atoms with E-state index in [1.165, 1.54) is 20.8 Å². The maximum absolute atomic E-state index is 12.6. The van der Waals surface area contributed by atoms with Crippen molar-refractivity contribution in [1.82, 2.24) is 5.01 Å². The summed E-state index contributed by atoms with van der Waals surface area (Å²) in [7, 11) is 0. The minimum absolute atomic E-state index is 0.0851. The van der Waals surface area contributed by atoms with Crippen molar-refractivity contribution >= 4 is 12.3 Å². The number of halogens is 3. The van der Waals surface area contributed by atoms with E-state index < -0.39 is 30.0 Å². The molecule has 0 aromatic heterocycles. The number of aliphatic hydroxyl groups is 1. The number of alkyl halides is 3. The van der Waals surface area contributed by atoms with E-state index in [0.29, 0.717) is 0 Å². The molecule has 0 saturated heterocycles. The Bertz CT molecular complexity index is 348. The molecule has 0 aromatic carbocycles. The van der Waals surface area contributed by atoms with Crippen LogP contribution in [0, 0.1) is 0 Å². The molecule has 0 spiro atoms. The van der Waals surface area contributed by atoms with Crippen molar-refractivity contribution in [2.45, 2.75) is 44.7 Å². The summed E-state index contributed by atoms with van der Waals surface area (Å²) < 4.78 is 42.6. The lowest BCUT2D eigenvalue weighted by Gasteiger charge is -2.33. The van der Waals surface area contributed by atoms with Gasteiger partial charge in [-0.1, -0.05) is 0 Å². The van der Waals surface area contributed by atoms with Crippen molar-refractivity contribution in [3.8, 4) is 0 Å². The zero-order valence-electron chi connectivity index (χ0n) is 9.58. The minimum Gasteiger partial charge on any atom is -0.442 e. The molecule has 0 fully saturated rings. The van der Waals surface area contributed by atoms with Crippen LogP contribution in [0.25, 0.3) is 0 Å². The van der Waals surface area contributed by atoms with Gasteiger partial charge in [-0.25, -0.2) is 4.79 Å². The Hall–Kier alpha value is -1.31. The highest BCUT2D eigenvalue weighted by atomic mass is 19.4. The van der Waals surface area contributed by atoms with Gasteiger partial charge in [0.05, 0.1) is 0 Å². The maximum atomic E-state index is 12.6. The summed E-state index contributed by atoms with van der Waals surface area (Å²) in [6, 6.07) is 0. The molecule has 0 radical (unpaired) electrons. The Morgan fingerprint density at radius 1 is 1.47 bits per heavy atom. The van der Waals surface area contributed by atoms with Crippen LogP contribution in [0.5, 0.6) is 0 Å². The molecule has 1 rings (SSSR count). The predicted octanol–water partition coefficient (Wildman–Crippen LogP) is 1.86. The van der Waals surface area contributed by atoms with Crippen molar-refractivity contribution in [1.29, 1.82) is 0 Å². The number of rotatable bonds is 0. The zero-order valence-corrected chi connectivity index (χ0v) is 9.58. The molecule has 0 aliphatic carbocycles. The van der Waals surface area contributed by atoms with Crippen molar-refractivity contribution in [2.24, 2.45) is 5.10 Å². The molecule has 1 amide bonds. The molecule has 0 unspecified atom stereocenters. The third kappa shape index (κ3) is 2.68. The number of carbonyl (C=O) groups excluding carboxylic acids is 1. The van der Waals surface area contributed by atoms with Crippen LogP contribution in [0.3, 0.4) is 0 Å². The molecule has 8 heteroatoms. The molecule has 5 nitrogen and oxygen atoms in total. The highest BCUT2D eigenvalue weighted by Crippen LogP contribution is 2.39. The smallest absolute Gasteiger partial charge is 0.439 e. The van der Waals surface area contributed by atoms with Crippen LogP contribution in [0.4, 0.5) is 18.0 Å². The van der Waals surface area contributed by atoms with Crippen molar-refractivity contribution in [2.75, 3.05) is 0 Å². The van der Waals surface area contributed by atoms with E-state index in [-0.39, 0.29) is 5.01 Å². The Morgan fingerprint density at radius 2 is 2.00 bits per heavy atom. The van der Waals surface area contributed by atoms with E-state index >= 15 is 0 Å². The minimum atomic E-state index is -5.00. The summed E-state index contributed by atoms with van der Waals surface area (Å²) in [5.41, 5.74) is -4.29. The molecular weight excluding hydrogens is 241 g/mol. The van der Waals surface area contributed by atoms with Crippen LogP contribution >= 0.6 is 0 Å². The van der Waals surface area contributed by atoms with Gasteiger partial charge in [0.15, 0.2) is 0 Å². The van der Waals surface area contributed by atoms with Gasteiger partial charge < -0.3 is 9.84 Å². The first-order valence-corrected chi connectivity index (χ1v) is 4.82. The van der Waals surface area contributed by atoms with Gasteiger partial charge in [-0.3, -0.25) is 0 Å². The molecule has 98 valence electrons. The zero-order chi connectivity index (χ0) is 13.5. The number of nitrogens with zero attached hydrogens (tertiary/aromatic N) is 2. The van der Waals surface area contributed by atoms with E-state index in [2.05, 4.69) is 5.10 Å². The quantitative estimate of drug-likeness (QED) is 0.717. The average Bonchev–Trinajstić information content (AvgIpc) is 2.43. The largest absolute Gasteiger partial charge is 0.442 e. The summed E-state index contributed by atoms with van der Waals surface area (Å²) in [5, 5.41) is 12.5. The molecule has 1 atom stereocenters. The monoisotopic (exact) mass is 254 g/mol. The van der Waals surface area contributed by atoms with Gasteiger partial charge >= 0.3 is 12.3 Å². The Morgan fingerprint density at radius 3 is 2.41 bits per heavy atom. The Balaban J connectivity index is 2.90. The summed E-state index contributed by atoms with van der Waals surface area (Å²) in [6.45, 7) is 4.49. The van der Waals surface area contributed by atoms with Crippen LogP contribution in [0.1, 0.15) is 27.2 Å². The fourth-order valence-electron chi connectivity index (χ4n) is 1.17. The van der Waals surface area contributed by atoms with Crippen LogP contribution in [-0.2, 0) is 4.74 Å². The molecular formula is C9H13F3N2O3. The van der Waals surface area contributed by atoms with Gasteiger partial charge in [0.2, 0.25) is 0 Å². The van der Waals surface area contributed by atoms with Crippen molar-refractivity contribution < 1.29 is 27.8 Å².